The predicted molar refractivity (Wildman–Crippen MR) is 61.4 cm³/mol. The second-order valence-corrected chi connectivity index (χ2v) is 6.59. The third-order valence-electron chi connectivity index (χ3n) is 5.50. The van der Waals surface area contributed by atoms with E-state index in [1.807, 2.05) is 0 Å². The van der Waals surface area contributed by atoms with Gasteiger partial charge in [0.05, 0.1) is 5.92 Å². The minimum atomic E-state index is 0.208. The van der Waals surface area contributed by atoms with E-state index in [2.05, 4.69) is 46.4 Å². The Hall–Kier alpha value is -0.530. The number of rotatable bonds is 0. The van der Waals surface area contributed by atoms with Crippen molar-refractivity contribution in [3.05, 3.63) is 0 Å². The summed E-state index contributed by atoms with van der Waals surface area (Å²) in [6.07, 6.45) is 1.15. The van der Waals surface area contributed by atoms with Crippen LogP contribution in [0.1, 0.15) is 48.0 Å². The zero-order valence-corrected chi connectivity index (χ0v) is 10.8. The lowest BCUT2D eigenvalue weighted by atomic mass is 9.55. The third kappa shape index (κ3) is 1.14. The molecule has 3 unspecified atom stereocenters. The summed E-state index contributed by atoms with van der Waals surface area (Å²) in [5.74, 6) is 0.610. The molecular formula is C13H23NO. The first-order chi connectivity index (χ1) is 6.70. The van der Waals surface area contributed by atoms with Gasteiger partial charge in [-0.25, -0.2) is 0 Å². The second-order valence-electron chi connectivity index (χ2n) is 6.59. The summed E-state index contributed by atoms with van der Waals surface area (Å²) in [6.45, 7) is 13.6. The molecule has 0 bridgehead atoms. The van der Waals surface area contributed by atoms with Gasteiger partial charge in [0, 0.05) is 12.1 Å². The van der Waals surface area contributed by atoms with E-state index in [0.717, 1.165) is 6.42 Å². The van der Waals surface area contributed by atoms with Crippen LogP contribution in [0.15, 0.2) is 0 Å². The third-order valence-corrected chi connectivity index (χ3v) is 5.50. The Morgan fingerprint density at radius 3 is 2.27 bits per heavy atom. The summed E-state index contributed by atoms with van der Waals surface area (Å²) in [5, 5.41) is 0. The summed E-state index contributed by atoms with van der Waals surface area (Å²) in [5.41, 5.74) is 0.530. The van der Waals surface area contributed by atoms with Crippen molar-refractivity contribution in [2.75, 3.05) is 0 Å². The van der Waals surface area contributed by atoms with Crippen molar-refractivity contribution in [1.29, 1.82) is 0 Å². The smallest absolute Gasteiger partial charge is 0.228 e. The highest BCUT2D eigenvalue weighted by atomic mass is 16.2. The van der Waals surface area contributed by atoms with E-state index in [4.69, 9.17) is 0 Å². The second kappa shape index (κ2) is 2.78. The lowest BCUT2D eigenvalue weighted by molar-refractivity contribution is -0.186. The van der Waals surface area contributed by atoms with Gasteiger partial charge in [-0.05, 0) is 24.2 Å². The van der Waals surface area contributed by atoms with Gasteiger partial charge in [0.25, 0.3) is 0 Å². The molecule has 2 fully saturated rings. The Labute approximate surface area is 93.0 Å². The summed E-state index contributed by atoms with van der Waals surface area (Å²) in [7, 11) is 0. The Kier molecular flexibility index (Phi) is 2.03. The number of fused-ring (bicyclic) bond motifs is 1. The van der Waals surface area contributed by atoms with Gasteiger partial charge in [-0.3, -0.25) is 4.79 Å². The van der Waals surface area contributed by atoms with Gasteiger partial charge in [-0.1, -0.05) is 34.6 Å². The molecule has 3 atom stereocenters. The summed E-state index contributed by atoms with van der Waals surface area (Å²) >= 11 is 0. The number of hydrogen-bond donors (Lipinski definition) is 0. The number of piperidine rings is 1. The van der Waals surface area contributed by atoms with Gasteiger partial charge < -0.3 is 4.90 Å². The average Bonchev–Trinajstić information content (AvgIpc) is 2.14. The fourth-order valence-corrected chi connectivity index (χ4v) is 3.17. The molecule has 2 heteroatoms. The molecule has 0 radical (unpaired) electrons. The highest BCUT2D eigenvalue weighted by Gasteiger charge is 2.59. The first kappa shape index (κ1) is 11.0. The molecule has 0 saturated carbocycles. The standard InChI is InChI=1S/C13H23NO/c1-8-10-7-12(3,4)13(5,6)9(2)14(10)11(8)15/h8-10H,7H2,1-6H3. The van der Waals surface area contributed by atoms with Crippen molar-refractivity contribution in [3.8, 4) is 0 Å². The Morgan fingerprint density at radius 1 is 1.20 bits per heavy atom. The molecule has 0 spiro atoms. The molecule has 0 aliphatic carbocycles. The largest absolute Gasteiger partial charge is 0.335 e. The molecule has 2 saturated heterocycles. The molecular weight excluding hydrogens is 186 g/mol. The van der Waals surface area contributed by atoms with Crippen LogP contribution in [0.5, 0.6) is 0 Å². The molecule has 2 aliphatic rings. The van der Waals surface area contributed by atoms with E-state index < -0.39 is 0 Å². The van der Waals surface area contributed by atoms with Crippen molar-refractivity contribution in [3.63, 3.8) is 0 Å². The first-order valence-corrected chi connectivity index (χ1v) is 6.02. The SMILES string of the molecule is CC1C(=O)N2C1CC(C)(C)C(C)(C)C2C. The fraction of sp³-hybridized carbons (Fsp3) is 0.923. The summed E-state index contributed by atoms with van der Waals surface area (Å²) in [6, 6.07) is 0.866. The Balaban J connectivity index is 2.33. The molecule has 2 rings (SSSR count). The topological polar surface area (TPSA) is 20.3 Å². The highest BCUT2D eigenvalue weighted by Crippen LogP contribution is 2.55. The highest BCUT2D eigenvalue weighted by molar-refractivity contribution is 5.86. The van der Waals surface area contributed by atoms with E-state index in [9.17, 15) is 4.79 Å². The van der Waals surface area contributed by atoms with Crippen LogP contribution in [0, 0.1) is 16.7 Å². The number of carbonyl (C=O) groups is 1. The van der Waals surface area contributed by atoms with Gasteiger partial charge in [-0.15, -0.1) is 0 Å². The normalized spacial score (nSPS) is 42.1. The molecule has 2 aliphatic heterocycles. The first-order valence-electron chi connectivity index (χ1n) is 6.02. The zero-order valence-electron chi connectivity index (χ0n) is 10.8. The lowest BCUT2D eigenvalue weighted by Crippen LogP contribution is -2.72. The fourth-order valence-electron chi connectivity index (χ4n) is 3.17. The molecule has 15 heavy (non-hydrogen) atoms. The molecule has 1 amide bonds. The Morgan fingerprint density at radius 2 is 1.73 bits per heavy atom. The van der Waals surface area contributed by atoms with Crippen LogP contribution < -0.4 is 0 Å². The monoisotopic (exact) mass is 209 g/mol. The van der Waals surface area contributed by atoms with Crippen molar-refractivity contribution >= 4 is 5.91 Å². The van der Waals surface area contributed by atoms with Crippen LogP contribution >= 0.6 is 0 Å². The lowest BCUT2D eigenvalue weighted by Gasteiger charge is -2.64. The van der Waals surface area contributed by atoms with Gasteiger partial charge >= 0.3 is 0 Å². The van der Waals surface area contributed by atoms with Gasteiger partial charge in [0.15, 0.2) is 0 Å². The van der Waals surface area contributed by atoms with Crippen LogP contribution in [-0.4, -0.2) is 22.9 Å². The van der Waals surface area contributed by atoms with Crippen LogP contribution in [0.2, 0.25) is 0 Å². The van der Waals surface area contributed by atoms with Crippen LogP contribution in [0.3, 0.4) is 0 Å². The maximum atomic E-state index is 11.8. The minimum absolute atomic E-state index is 0.208. The zero-order chi connectivity index (χ0) is 11.6. The van der Waals surface area contributed by atoms with Crippen molar-refractivity contribution in [2.24, 2.45) is 16.7 Å². The molecule has 0 aromatic heterocycles. The minimum Gasteiger partial charge on any atom is -0.335 e. The number of β-lactam (4-membered cyclic amide) rings is 1. The van der Waals surface area contributed by atoms with E-state index in [0.29, 0.717) is 23.4 Å². The van der Waals surface area contributed by atoms with E-state index in [-0.39, 0.29) is 11.3 Å². The van der Waals surface area contributed by atoms with Crippen LogP contribution in [0.25, 0.3) is 0 Å². The quantitative estimate of drug-likeness (QED) is 0.562. The van der Waals surface area contributed by atoms with E-state index in [1.165, 1.54) is 0 Å². The number of carbonyl (C=O) groups excluding carboxylic acids is 1. The Bertz CT molecular complexity index is 306. The van der Waals surface area contributed by atoms with Crippen molar-refractivity contribution in [2.45, 2.75) is 60.0 Å². The average molecular weight is 209 g/mol. The maximum Gasteiger partial charge on any atom is 0.228 e. The summed E-state index contributed by atoms with van der Waals surface area (Å²) < 4.78 is 0. The number of amides is 1. The van der Waals surface area contributed by atoms with E-state index >= 15 is 0 Å². The van der Waals surface area contributed by atoms with Crippen LogP contribution in [-0.2, 0) is 4.79 Å². The van der Waals surface area contributed by atoms with Gasteiger partial charge in [-0.2, -0.15) is 0 Å². The number of nitrogens with zero attached hydrogens (tertiary/aromatic N) is 1. The molecule has 2 heterocycles. The molecule has 0 N–H and O–H groups in total. The number of hydrogen-bond acceptors (Lipinski definition) is 1. The molecule has 0 aromatic rings. The predicted octanol–water partition coefficient (Wildman–Crippen LogP) is 2.68. The van der Waals surface area contributed by atoms with E-state index in [1.54, 1.807) is 0 Å². The molecule has 2 nitrogen and oxygen atoms in total. The maximum absolute atomic E-state index is 11.8. The molecule has 86 valence electrons. The van der Waals surface area contributed by atoms with Gasteiger partial charge in [0.1, 0.15) is 0 Å². The van der Waals surface area contributed by atoms with Crippen molar-refractivity contribution in [1.82, 2.24) is 4.90 Å². The summed E-state index contributed by atoms with van der Waals surface area (Å²) in [4.78, 5) is 14.0. The van der Waals surface area contributed by atoms with Gasteiger partial charge in [0.2, 0.25) is 5.91 Å². The van der Waals surface area contributed by atoms with Crippen molar-refractivity contribution < 1.29 is 4.79 Å². The molecule has 0 aromatic carbocycles. The van der Waals surface area contributed by atoms with Crippen LogP contribution in [0.4, 0.5) is 0 Å².